The molecule has 0 saturated heterocycles. The van der Waals surface area contributed by atoms with Gasteiger partial charge < -0.3 is 14.2 Å². The van der Waals surface area contributed by atoms with Crippen molar-refractivity contribution in [3.63, 3.8) is 0 Å². The summed E-state index contributed by atoms with van der Waals surface area (Å²) >= 11 is 0. The van der Waals surface area contributed by atoms with Crippen molar-refractivity contribution in [1.29, 1.82) is 0 Å². The fourth-order valence-electron chi connectivity index (χ4n) is 2.00. The monoisotopic (exact) mass is 278 g/mol. The lowest BCUT2D eigenvalue weighted by molar-refractivity contribution is -0.0380. The van der Waals surface area contributed by atoms with E-state index < -0.39 is 7.60 Å². The molecule has 0 bridgehead atoms. The summed E-state index contributed by atoms with van der Waals surface area (Å²) in [5, 5.41) is 0. The van der Waals surface area contributed by atoms with E-state index in [0.29, 0.717) is 6.61 Å². The number of rotatable bonds is 5. The Morgan fingerprint density at radius 3 is 2.44 bits per heavy atom. The van der Waals surface area contributed by atoms with Crippen LogP contribution in [0.4, 0.5) is 0 Å². The maximum atomic E-state index is 11.9. The molecule has 108 valence electrons. The third-order valence-electron chi connectivity index (χ3n) is 3.26. The second-order valence-electron chi connectivity index (χ2n) is 6.42. The van der Waals surface area contributed by atoms with E-state index in [4.69, 9.17) is 9.26 Å². The van der Waals surface area contributed by atoms with Crippen molar-refractivity contribution in [2.75, 3.05) is 6.61 Å². The molecule has 4 nitrogen and oxygen atoms in total. The maximum Gasteiger partial charge on any atom is 0.330 e. The first-order valence-electron chi connectivity index (χ1n) is 6.76. The minimum Gasteiger partial charge on any atom is -0.375 e. The molecule has 0 aliphatic heterocycles. The van der Waals surface area contributed by atoms with Crippen molar-refractivity contribution in [2.24, 2.45) is 5.92 Å². The zero-order valence-electron chi connectivity index (χ0n) is 12.2. The average Bonchev–Trinajstić information content (AvgIpc) is 2.60. The maximum absolute atomic E-state index is 11.9. The van der Waals surface area contributed by atoms with E-state index in [1.165, 1.54) is 0 Å². The van der Waals surface area contributed by atoms with Gasteiger partial charge >= 0.3 is 7.60 Å². The second-order valence-corrected chi connectivity index (χ2v) is 8.79. The Morgan fingerprint density at radius 1 is 1.33 bits per heavy atom. The summed E-state index contributed by atoms with van der Waals surface area (Å²) in [5.41, 5.74) is -0.518. The molecule has 1 fully saturated rings. The van der Waals surface area contributed by atoms with Gasteiger partial charge in [0.2, 0.25) is 0 Å². The van der Waals surface area contributed by atoms with Crippen LogP contribution < -0.4 is 0 Å². The van der Waals surface area contributed by atoms with Crippen LogP contribution in [0.15, 0.2) is 0 Å². The molecule has 1 N–H and O–H groups in total. The minimum absolute atomic E-state index is 0.134. The molecule has 2 unspecified atom stereocenters. The van der Waals surface area contributed by atoms with Crippen LogP contribution in [0.25, 0.3) is 0 Å². The standard InChI is InChI=1S/C13H27O4P/c1-10(2)18(14,15)17-12-8-6-7-11(12)9-16-13(3,4)5/h10-12H,6-9H2,1-5H3,(H,14,15)/t11-,12?/m1/s1. The molecular weight excluding hydrogens is 251 g/mol. The highest BCUT2D eigenvalue weighted by Gasteiger charge is 2.36. The van der Waals surface area contributed by atoms with Gasteiger partial charge in [0.25, 0.3) is 0 Å². The Labute approximate surface area is 111 Å². The van der Waals surface area contributed by atoms with Crippen molar-refractivity contribution in [3.05, 3.63) is 0 Å². The number of ether oxygens (including phenoxy) is 1. The summed E-state index contributed by atoms with van der Waals surface area (Å²) in [6, 6.07) is 0. The molecule has 0 aromatic carbocycles. The van der Waals surface area contributed by atoms with Crippen LogP contribution in [0.1, 0.15) is 53.9 Å². The van der Waals surface area contributed by atoms with Crippen LogP contribution in [-0.4, -0.2) is 28.9 Å². The normalized spacial score (nSPS) is 28.6. The molecule has 1 aliphatic carbocycles. The molecule has 0 radical (unpaired) electrons. The Balaban J connectivity index is 2.53. The lowest BCUT2D eigenvalue weighted by atomic mass is 10.1. The highest BCUT2D eigenvalue weighted by atomic mass is 31.2. The zero-order valence-corrected chi connectivity index (χ0v) is 13.1. The van der Waals surface area contributed by atoms with Gasteiger partial charge in [-0.1, -0.05) is 20.3 Å². The van der Waals surface area contributed by atoms with E-state index in [-0.39, 0.29) is 23.3 Å². The Morgan fingerprint density at radius 2 is 1.94 bits per heavy atom. The molecule has 5 heteroatoms. The smallest absolute Gasteiger partial charge is 0.330 e. The largest absolute Gasteiger partial charge is 0.375 e. The molecule has 0 spiro atoms. The summed E-state index contributed by atoms with van der Waals surface area (Å²) in [5.74, 6) is 0.239. The van der Waals surface area contributed by atoms with E-state index in [1.54, 1.807) is 13.8 Å². The molecule has 1 aliphatic rings. The second kappa shape index (κ2) is 6.04. The van der Waals surface area contributed by atoms with Gasteiger partial charge in [-0.05, 0) is 33.6 Å². The predicted octanol–water partition coefficient (Wildman–Crippen LogP) is 3.58. The van der Waals surface area contributed by atoms with E-state index in [1.807, 2.05) is 20.8 Å². The van der Waals surface area contributed by atoms with Gasteiger partial charge in [-0.15, -0.1) is 0 Å². The Kier molecular flexibility index (Phi) is 5.43. The lowest BCUT2D eigenvalue weighted by Crippen LogP contribution is -2.28. The summed E-state index contributed by atoms with van der Waals surface area (Å²) in [6.45, 7) is 10.1. The molecule has 0 aromatic rings. The van der Waals surface area contributed by atoms with Crippen LogP contribution in [0.2, 0.25) is 0 Å². The zero-order chi connectivity index (χ0) is 14.0. The fraction of sp³-hybridized carbons (Fsp3) is 1.00. The topological polar surface area (TPSA) is 55.8 Å². The van der Waals surface area contributed by atoms with Crippen molar-refractivity contribution in [2.45, 2.75) is 71.2 Å². The van der Waals surface area contributed by atoms with Gasteiger partial charge in [0.15, 0.2) is 0 Å². The predicted molar refractivity (Wildman–Crippen MR) is 72.9 cm³/mol. The highest BCUT2D eigenvalue weighted by molar-refractivity contribution is 7.53. The number of hydrogen-bond acceptors (Lipinski definition) is 3. The lowest BCUT2D eigenvalue weighted by Gasteiger charge is -2.27. The van der Waals surface area contributed by atoms with Gasteiger partial charge in [0.1, 0.15) is 0 Å². The summed E-state index contributed by atoms with van der Waals surface area (Å²) in [7, 11) is -3.47. The Bertz CT molecular complexity index is 309. The summed E-state index contributed by atoms with van der Waals surface area (Å²) < 4.78 is 23.1. The molecule has 1 saturated carbocycles. The third-order valence-corrected chi connectivity index (χ3v) is 5.14. The van der Waals surface area contributed by atoms with Gasteiger partial charge in [-0.3, -0.25) is 4.57 Å². The van der Waals surface area contributed by atoms with E-state index in [0.717, 1.165) is 19.3 Å². The van der Waals surface area contributed by atoms with Crippen LogP contribution in [0.5, 0.6) is 0 Å². The van der Waals surface area contributed by atoms with E-state index in [9.17, 15) is 9.46 Å². The molecular formula is C13H27O4P. The van der Waals surface area contributed by atoms with Crippen LogP contribution in [0, 0.1) is 5.92 Å². The SMILES string of the molecule is CC(C)P(=O)(O)OC1CCC[C@@H]1COC(C)(C)C. The first kappa shape index (κ1) is 16.2. The number of hydrogen-bond donors (Lipinski definition) is 1. The van der Waals surface area contributed by atoms with Gasteiger partial charge in [-0.2, -0.15) is 0 Å². The third kappa shape index (κ3) is 5.00. The fourth-order valence-corrected chi connectivity index (χ4v) is 2.91. The molecule has 18 heavy (non-hydrogen) atoms. The van der Waals surface area contributed by atoms with Crippen molar-refractivity contribution in [1.82, 2.24) is 0 Å². The molecule has 3 atom stereocenters. The van der Waals surface area contributed by atoms with E-state index >= 15 is 0 Å². The van der Waals surface area contributed by atoms with Crippen LogP contribution >= 0.6 is 7.60 Å². The summed E-state index contributed by atoms with van der Waals surface area (Å²) in [6.07, 6.45) is 2.78. The first-order valence-corrected chi connectivity index (χ1v) is 8.41. The molecule has 0 aromatic heterocycles. The summed E-state index contributed by atoms with van der Waals surface area (Å²) in [4.78, 5) is 9.79. The first-order chi connectivity index (χ1) is 8.12. The van der Waals surface area contributed by atoms with Crippen molar-refractivity contribution >= 4 is 7.60 Å². The van der Waals surface area contributed by atoms with Gasteiger partial charge in [-0.25, -0.2) is 0 Å². The Hall–Kier alpha value is 0.110. The minimum atomic E-state index is -3.47. The molecule has 0 heterocycles. The van der Waals surface area contributed by atoms with Crippen molar-refractivity contribution < 1.29 is 18.7 Å². The van der Waals surface area contributed by atoms with Gasteiger partial charge in [0, 0.05) is 5.92 Å². The average molecular weight is 278 g/mol. The van der Waals surface area contributed by atoms with Crippen molar-refractivity contribution in [3.8, 4) is 0 Å². The molecule has 0 amide bonds. The van der Waals surface area contributed by atoms with E-state index in [2.05, 4.69) is 0 Å². The van der Waals surface area contributed by atoms with Gasteiger partial charge in [0.05, 0.1) is 24.0 Å². The highest BCUT2D eigenvalue weighted by Crippen LogP contribution is 2.51. The van der Waals surface area contributed by atoms with Crippen LogP contribution in [0.3, 0.4) is 0 Å². The molecule has 1 rings (SSSR count). The quantitative estimate of drug-likeness (QED) is 0.781. The van der Waals surface area contributed by atoms with Crippen LogP contribution in [-0.2, 0) is 13.8 Å².